The molecule has 1 saturated carbocycles. The van der Waals surface area contributed by atoms with Crippen LogP contribution < -0.4 is 9.47 Å². The molecule has 0 spiro atoms. The minimum atomic E-state index is 0.568. The first-order valence-electron chi connectivity index (χ1n) is 7.75. The molecule has 0 bridgehead atoms. The third kappa shape index (κ3) is 2.44. The molecule has 0 heterocycles. The molecule has 3 rings (SSSR count). The zero-order chi connectivity index (χ0) is 13.9. The standard InChI is InChI=1S/C18H24O2/c1-19-17-11-14-9-6-10-15(13-7-4-3-5-8-13)16(14)12-18(17)20-2/h6,10-13,15H,3-5,7-9H2,1-2H3. The molecule has 0 aliphatic heterocycles. The van der Waals surface area contributed by atoms with Crippen molar-refractivity contribution in [2.24, 2.45) is 5.92 Å². The predicted octanol–water partition coefficient (Wildman–Crippen LogP) is 4.48. The van der Waals surface area contributed by atoms with Gasteiger partial charge in [0, 0.05) is 5.92 Å². The van der Waals surface area contributed by atoms with Gasteiger partial charge in [-0.15, -0.1) is 0 Å². The van der Waals surface area contributed by atoms with E-state index in [0.717, 1.165) is 23.8 Å². The lowest BCUT2D eigenvalue weighted by Gasteiger charge is -2.32. The molecule has 1 unspecified atom stereocenters. The molecule has 1 fully saturated rings. The highest BCUT2D eigenvalue weighted by atomic mass is 16.5. The summed E-state index contributed by atoms with van der Waals surface area (Å²) in [4.78, 5) is 0. The van der Waals surface area contributed by atoms with Crippen LogP contribution in [0.3, 0.4) is 0 Å². The Labute approximate surface area is 121 Å². The zero-order valence-electron chi connectivity index (χ0n) is 12.5. The van der Waals surface area contributed by atoms with E-state index in [9.17, 15) is 0 Å². The molecule has 1 aromatic carbocycles. The molecule has 0 amide bonds. The first kappa shape index (κ1) is 13.5. The summed E-state index contributed by atoms with van der Waals surface area (Å²) >= 11 is 0. The van der Waals surface area contributed by atoms with Gasteiger partial charge in [0.05, 0.1) is 14.2 Å². The molecule has 2 heteroatoms. The summed E-state index contributed by atoms with van der Waals surface area (Å²) < 4.78 is 10.9. The maximum Gasteiger partial charge on any atom is 0.161 e. The van der Waals surface area contributed by atoms with Crippen molar-refractivity contribution in [1.29, 1.82) is 0 Å². The Morgan fingerprint density at radius 3 is 2.35 bits per heavy atom. The second kappa shape index (κ2) is 5.90. The molecular weight excluding hydrogens is 248 g/mol. The Morgan fingerprint density at radius 2 is 1.65 bits per heavy atom. The number of fused-ring (bicyclic) bond motifs is 1. The summed E-state index contributed by atoms with van der Waals surface area (Å²) in [6.45, 7) is 0. The Bertz CT molecular complexity index is 498. The molecule has 20 heavy (non-hydrogen) atoms. The molecule has 0 saturated heterocycles. The largest absolute Gasteiger partial charge is 0.493 e. The van der Waals surface area contributed by atoms with Gasteiger partial charge in [-0.1, -0.05) is 31.4 Å². The quantitative estimate of drug-likeness (QED) is 0.755. The maximum absolute atomic E-state index is 5.49. The molecule has 0 radical (unpaired) electrons. The van der Waals surface area contributed by atoms with Crippen LogP contribution in [0.2, 0.25) is 0 Å². The highest BCUT2D eigenvalue weighted by Crippen LogP contribution is 2.43. The average molecular weight is 272 g/mol. The van der Waals surface area contributed by atoms with Gasteiger partial charge in [-0.05, 0) is 48.4 Å². The lowest BCUT2D eigenvalue weighted by Crippen LogP contribution is -2.18. The van der Waals surface area contributed by atoms with Gasteiger partial charge in [0.1, 0.15) is 0 Å². The van der Waals surface area contributed by atoms with Crippen LogP contribution >= 0.6 is 0 Å². The Hall–Kier alpha value is -1.44. The molecule has 108 valence electrons. The van der Waals surface area contributed by atoms with Crippen molar-refractivity contribution >= 4 is 0 Å². The Kier molecular flexibility index (Phi) is 4.00. The van der Waals surface area contributed by atoms with Crippen molar-refractivity contribution < 1.29 is 9.47 Å². The summed E-state index contributed by atoms with van der Waals surface area (Å²) in [5.41, 5.74) is 2.86. The zero-order valence-corrected chi connectivity index (χ0v) is 12.5. The van der Waals surface area contributed by atoms with E-state index in [0.29, 0.717) is 5.92 Å². The van der Waals surface area contributed by atoms with Crippen LogP contribution in [0.5, 0.6) is 11.5 Å². The summed E-state index contributed by atoms with van der Waals surface area (Å²) in [6, 6.07) is 4.37. The number of methoxy groups -OCH3 is 2. The van der Waals surface area contributed by atoms with Crippen molar-refractivity contribution in [3.8, 4) is 11.5 Å². The SMILES string of the molecule is COc1cc2c(cc1OC)C(C1CCCCC1)C=CC2. The van der Waals surface area contributed by atoms with Crippen LogP contribution in [0, 0.1) is 5.92 Å². The number of rotatable bonds is 3. The van der Waals surface area contributed by atoms with Gasteiger partial charge < -0.3 is 9.47 Å². The minimum absolute atomic E-state index is 0.568. The highest BCUT2D eigenvalue weighted by molar-refractivity contribution is 5.51. The number of hydrogen-bond acceptors (Lipinski definition) is 2. The fraction of sp³-hybridized carbons (Fsp3) is 0.556. The molecule has 2 nitrogen and oxygen atoms in total. The van der Waals surface area contributed by atoms with Gasteiger partial charge in [0.25, 0.3) is 0 Å². The minimum Gasteiger partial charge on any atom is -0.493 e. The Balaban J connectivity index is 1.96. The van der Waals surface area contributed by atoms with Crippen LogP contribution in [-0.2, 0) is 6.42 Å². The van der Waals surface area contributed by atoms with E-state index < -0.39 is 0 Å². The number of ether oxygens (including phenoxy) is 2. The van der Waals surface area contributed by atoms with E-state index in [4.69, 9.17) is 9.47 Å². The lowest BCUT2D eigenvalue weighted by atomic mass is 9.73. The third-order valence-corrected chi connectivity index (χ3v) is 4.84. The van der Waals surface area contributed by atoms with E-state index in [1.165, 1.54) is 43.2 Å². The van der Waals surface area contributed by atoms with Crippen molar-refractivity contribution in [2.75, 3.05) is 14.2 Å². The van der Waals surface area contributed by atoms with Crippen molar-refractivity contribution in [2.45, 2.75) is 44.4 Å². The maximum atomic E-state index is 5.49. The molecule has 1 aromatic rings. The first-order chi connectivity index (χ1) is 9.83. The molecule has 1 atom stereocenters. The molecule has 2 aliphatic carbocycles. The normalized spacial score (nSPS) is 22.4. The molecular formula is C18H24O2. The van der Waals surface area contributed by atoms with Crippen LogP contribution in [0.1, 0.15) is 49.1 Å². The fourth-order valence-electron chi connectivity index (χ4n) is 3.77. The van der Waals surface area contributed by atoms with E-state index in [1.807, 2.05) is 0 Å². The predicted molar refractivity (Wildman–Crippen MR) is 81.7 cm³/mol. The van der Waals surface area contributed by atoms with Gasteiger partial charge in [0.15, 0.2) is 11.5 Å². The summed E-state index contributed by atoms with van der Waals surface area (Å²) in [5, 5.41) is 0. The van der Waals surface area contributed by atoms with Crippen molar-refractivity contribution in [3.05, 3.63) is 35.4 Å². The van der Waals surface area contributed by atoms with Crippen LogP contribution in [0.4, 0.5) is 0 Å². The second-order valence-electron chi connectivity index (χ2n) is 5.96. The van der Waals surface area contributed by atoms with E-state index in [-0.39, 0.29) is 0 Å². The van der Waals surface area contributed by atoms with Crippen molar-refractivity contribution in [1.82, 2.24) is 0 Å². The topological polar surface area (TPSA) is 18.5 Å². The van der Waals surface area contributed by atoms with Crippen LogP contribution in [0.25, 0.3) is 0 Å². The number of benzene rings is 1. The summed E-state index contributed by atoms with van der Waals surface area (Å²) in [5.74, 6) is 3.09. The average Bonchev–Trinajstić information content (AvgIpc) is 2.53. The van der Waals surface area contributed by atoms with Crippen LogP contribution in [-0.4, -0.2) is 14.2 Å². The second-order valence-corrected chi connectivity index (χ2v) is 5.96. The van der Waals surface area contributed by atoms with Gasteiger partial charge in [0.2, 0.25) is 0 Å². The first-order valence-corrected chi connectivity index (χ1v) is 7.75. The van der Waals surface area contributed by atoms with Gasteiger partial charge in [-0.3, -0.25) is 0 Å². The third-order valence-electron chi connectivity index (χ3n) is 4.84. The number of hydrogen-bond donors (Lipinski definition) is 0. The van der Waals surface area contributed by atoms with Gasteiger partial charge in [-0.2, -0.15) is 0 Å². The molecule has 0 N–H and O–H groups in total. The highest BCUT2D eigenvalue weighted by Gasteiger charge is 2.27. The number of allylic oxidation sites excluding steroid dienone is 2. The Morgan fingerprint density at radius 1 is 0.950 bits per heavy atom. The van der Waals surface area contributed by atoms with E-state index in [1.54, 1.807) is 14.2 Å². The molecule has 0 aromatic heterocycles. The monoisotopic (exact) mass is 272 g/mol. The van der Waals surface area contributed by atoms with E-state index in [2.05, 4.69) is 24.3 Å². The summed E-state index contributed by atoms with van der Waals surface area (Å²) in [7, 11) is 3.43. The smallest absolute Gasteiger partial charge is 0.161 e. The van der Waals surface area contributed by atoms with Gasteiger partial charge >= 0.3 is 0 Å². The van der Waals surface area contributed by atoms with Gasteiger partial charge in [-0.25, -0.2) is 0 Å². The fourth-order valence-corrected chi connectivity index (χ4v) is 3.77. The molecule has 2 aliphatic rings. The van der Waals surface area contributed by atoms with Crippen molar-refractivity contribution in [3.63, 3.8) is 0 Å². The lowest BCUT2D eigenvalue weighted by molar-refractivity contribution is 0.326. The van der Waals surface area contributed by atoms with E-state index >= 15 is 0 Å². The van der Waals surface area contributed by atoms with Crippen LogP contribution in [0.15, 0.2) is 24.3 Å². The summed E-state index contributed by atoms with van der Waals surface area (Å²) in [6.07, 6.45) is 12.7.